The van der Waals surface area contributed by atoms with E-state index >= 15 is 0 Å². The molecule has 3 N–H and O–H groups in total. The molecule has 3 atom stereocenters. The highest BCUT2D eigenvalue weighted by Gasteiger charge is 2.17. The second kappa shape index (κ2) is 8.45. The van der Waals surface area contributed by atoms with Crippen molar-refractivity contribution in [3.63, 3.8) is 0 Å². The van der Waals surface area contributed by atoms with Gasteiger partial charge in [0.15, 0.2) is 0 Å². The fourth-order valence-electron chi connectivity index (χ4n) is 1.71. The number of rotatable bonds is 7. The zero-order valence-electron chi connectivity index (χ0n) is 11.6. The van der Waals surface area contributed by atoms with E-state index in [1.807, 2.05) is 18.6 Å². The Labute approximate surface area is 123 Å². The Bertz CT molecular complexity index is 367. The van der Waals surface area contributed by atoms with Gasteiger partial charge in [0, 0.05) is 17.8 Å². The van der Waals surface area contributed by atoms with E-state index in [-0.39, 0.29) is 23.9 Å². The normalized spacial score (nSPS) is 15.6. The van der Waals surface area contributed by atoms with E-state index in [9.17, 15) is 4.79 Å². The second-order valence-electron chi connectivity index (χ2n) is 4.56. The van der Waals surface area contributed by atoms with Crippen molar-refractivity contribution >= 4 is 29.1 Å². The van der Waals surface area contributed by atoms with E-state index in [1.54, 1.807) is 23.1 Å². The minimum Gasteiger partial charge on any atom is -0.395 e. The number of aliphatic hydroxyl groups excluding tert-OH is 1. The largest absolute Gasteiger partial charge is 0.395 e. The topological polar surface area (TPSA) is 61.4 Å². The van der Waals surface area contributed by atoms with Gasteiger partial charge in [-0.25, -0.2) is 4.79 Å². The number of thiophene rings is 1. The molecule has 6 heteroatoms. The van der Waals surface area contributed by atoms with Gasteiger partial charge in [-0.1, -0.05) is 6.92 Å². The molecule has 3 unspecified atom stereocenters. The smallest absolute Gasteiger partial charge is 0.315 e. The average Bonchev–Trinajstić information content (AvgIpc) is 2.91. The lowest BCUT2D eigenvalue weighted by Crippen LogP contribution is -2.46. The number of thioether (sulfide) groups is 1. The van der Waals surface area contributed by atoms with Crippen LogP contribution >= 0.6 is 23.1 Å². The van der Waals surface area contributed by atoms with E-state index in [0.717, 1.165) is 0 Å². The van der Waals surface area contributed by atoms with E-state index in [0.29, 0.717) is 12.5 Å². The first-order valence-corrected chi connectivity index (χ1v) is 8.51. The summed E-state index contributed by atoms with van der Waals surface area (Å²) < 4.78 is 0. The van der Waals surface area contributed by atoms with Gasteiger partial charge in [-0.15, -0.1) is 0 Å². The lowest BCUT2D eigenvalue weighted by Gasteiger charge is -2.22. The van der Waals surface area contributed by atoms with Crippen LogP contribution in [0.5, 0.6) is 0 Å². The van der Waals surface area contributed by atoms with Crippen molar-refractivity contribution in [1.29, 1.82) is 0 Å². The van der Waals surface area contributed by atoms with Crippen molar-refractivity contribution in [3.05, 3.63) is 22.4 Å². The Hall–Kier alpha value is -0.720. The summed E-state index contributed by atoms with van der Waals surface area (Å²) in [7, 11) is 0. The van der Waals surface area contributed by atoms with Gasteiger partial charge in [0.1, 0.15) is 0 Å². The number of hydrogen-bond donors (Lipinski definition) is 3. The van der Waals surface area contributed by atoms with Gasteiger partial charge < -0.3 is 15.7 Å². The summed E-state index contributed by atoms with van der Waals surface area (Å²) in [6.07, 6.45) is 1.93. The molecule has 0 fully saturated rings. The molecule has 108 valence electrons. The first-order chi connectivity index (χ1) is 9.08. The van der Waals surface area contributed by atoms with E-state index in [4.69, 9.17) is 5.11 Å². The molecule has 0 aliphatic rings. The Morgan fingerprint density at radius 3 is 2.79 bits per heavy atom. The number of urea groups is 1. The maximum absolute atomic E-state index is 11.8. The quantitative estimate of drug-likeness (QED) is 0.724. The molecular weight excluding hydrogens is 280 g/mol. The van der Waals surface area contributed by atoms with Gasteiger partial charge in [-0.3, -0.25) is 0 Å². The van der Waals surface area contributed by atoms with Crippen LogP contribution in [-0.2, 0) is 0 Å². The highest BCUT2D eigenvalue weighted by Crippen LogP contribution is 2.17. The van der Waals surface area contributed by atoms with E-state index < -0.39 is 0 Å². The van der Waals surface area contributed by atoms with Gasteiger partial charge in [0.2, 0.25) is 0 Å². The van der Waals surface area contributed by atoms with Crippen molar-refractivity contribution in [2.45, 2.75) is 31.1 Å². The third-order valence-corrected chi connectivity index (χ3v) is 4.94. The number of nitrogens with one attached hydrogen (secondary N) is 2. The predicted octanol–water partition coefficient (Wildman–Crippen LogP) is 2.26. The van der Waals surface area contributed by atoms with Crippen LogP contribution < -0.4 is 10.6 Å². The van der Waals surface area contributed by atoms with Gasteiger partial charge in [-0.05, 0) is 41.5 Å². The van der Waals surface area contributed by atoms with Crippen molar-refractivity contribution in [1.82, 2.24) is 10.6 Å². The first kappa shape index (κ1) is 16.3. The highest BCUT2D eigenvalue weighted by atomic mass is 32.2. The number of amides is 2. The molecule has 0 aliphatic heterocycles. The average molecular weight is 302 g/mol. The Kier molecular flexibility index (Phi) is 7.27. The maximum atomic E-state index is 11.8. The molecule has 4 nitrogen and oxygen atoms in total. The van der Waals surface area contributed by atoms with Gasteiger partial charge in [-0.2, -0.15) is 23.1 Å². The highest BCUT2D eigenvalue weighted by molar-refractivity contribution is 7.99. The fourth-order valence-corrected chi connectivity index (χ4v) is 3.11. The molecule has 0 radical (unpaired) electrons. The second-order valence-corrected chi connectivity index (χ2v) is 6.41. The minimum absolute atomic E-state index is 0.0278. The molecule has 0 bridgehead atoms. The molecule has 1 aromatic rings. The molecule has 0 spiro atoms. The molecule has 0 saturated carbocycles. The van der Waals surface area contributed by atoms with E-state index in [1.165, 1.54) is 5.56 Å². The molecule has 0 aromatic carbocycles. The number of carbonyl (C=O) groups excluding carboxylic acids is 1. The molecule has 0 aliphatic carbocycles. The monoisotopic (exact) mass is 302 g/mol. The summed E-state index contributed by atoms with van der Waals surface area (Å²) in [5.74, 6) is 0.307. The summed E-state index contributed by atoms with van der Waals surface area (Å²) in [4.78, 5) is 11.8. The maximum Gasteiger partial charge on any atom is 0.315 e. The third kappa shape index (κ3) is 5.42. The van der Waals surface area contributed by atoms with Gasteiger partial charge in [0.25, 0.3) is 0 Å². The Morgan fingerprint density at radius 2 is 2.26 bits per heavy atom. The zero-order chi connectivity index (χ0) is 14.3. The van der Waals surface area contributed by atoms with Crippen LogP contribution in [0.15, 0.2) is 16.8 Å². The summed E-state index contributed by atoms with van der Waals surface area (Å²) in [6.45, 7) is 4.66. The minimum atomic E-state index is -0.179. The van der Waals surface area contributed by atoms with Crippen LogP contribution in [0.1, 0.15) is 25.3 Å². The van der Waals surface area contributed by atoms with Crippen molar-refractivity contribution in [2.24, 2.45) is 0 Å². The lowest BCUT2D eigenvalue weighted by atomic mass is 10.1. The third-order valence-electron chi connectivity index (χ3n) is 3.08. The van der Waals surface area contributed by atoms with Crippen LogP contribution in [0.4, 0.5) is 4.79 Å². The molecule has 0 saturated heterocycles. The SMILES string of the molecule is CSC(CO)C(C)NC(=O)NCC(C)c1ccsc1. The first-order valence-electron chi connectivity index (χ1n) is 6.28. The van der Waals surface area contributed by atoms with Crippen LogP contribution in [-0.4, -0.2) is 41.8 Å². The van der Waals surface area contributed by atoms with Crippen LogP contribution in [0, 0.1) is 0 Å². The van der Waals surface area contributed by atoms with Crippen molar-refractivity contribution in [3.8, 4) is 0 Å². The molecule has 19 heavy (non-hydrogen) atoms. The van der Waals surface area contributed by atoms with Crippen molar-refractivity contribution in [2.75, 3.05) is 19.4 Å². The summed E-state index contributed by atoms with van der Waals surface area (Å²) in [5.41, 5.74) is 1.25. The van der Waals surface area contributed by atoms with Crippen LogP contribution in [0.2, 0.25) is 0 Å². The Morgan fingerprint density at radius 1 is 1.53 bits per heavy atom. The van der Waals surface area contributed by atoms with Crippen LogP contribution in [0.3, 0.4) is 0 Å². The number of aliphatic hydroxyl groups is 1. The molecule has 1 heterocycles. The van der Waals surface area contributed by atoms with E-state index in [2.05, 4.69) is 29.0 Å². The van der Waals surface area contributed by atoms with Crippen molar-refractivity contribution < 1.29 is 9.90 Å². The van der Waals surface area contributed by atoms with Gasteiger partial charge >= 0.3 is 6.03 Å². The standard InChI is InChI=1S/C13H22N2O2S2/c1-9(11-4-5-19-8-11)6-14-13(17)15-10(2)12(7-16)18-3/h4-5,8-10,12,16H,6-7H2,1-3H3,(H2,14,15,17). The molecular formula is C13H22N2O2S2. The number of hydrogen-bond acceptors (Lipinski definition) is 4. The fraction of sp³-hybridized carbons (Fsp3) is 0.615. The molecule has 2 amide bonds. The summed E-state index contributed by atoms with van der Waals surface area (Å²) in [6, 6.07) is 1.84. The zero-order valence-corrected chi connectivity index (χ0v) is 13.2. The summed E-state index contributed by atoms with van der Waals surface area (Å²) >= 11 is 3.22. The lowest BCUT2D eigenvalue weighted by molar-refractivity contribution is 0.232. The van der Waals surface area contributed by atoms with Gasteiger partial charge in [0.05, 0.1) is 6.61 Å². The molecule has 1 aromatic heterocycles. The molecule has 1 rings (SSSR count). The summed E-state index contributed by atoms with van der Waals surface area (Å²) in [5, 5.41) is 19.1. The number of carbonyl (C=O) groups is 1. The Balaban J connectivity index is 2.31. The predicted molar refractivity (Wildman–Crippen MR) is 83.1 cm³/mol. The van der Waals surface area contributed by atoms with Crippen LogP contribution in [0.25, 0.3) is 0 Å².